The van der Waals surface area contributed by atoms with E-state index in [0.29, 0.717) is 0 Å². The molecule has 0 bridgehead atoms. The molecule has 2 N–H and O–H groups in total. The molecule has 0 aliphatic rings. The molecule has 0 atom stereocenters. The highest BCUT2D eigenvalue weighted by Crippen LogP contribution is 2.21. The van der Waals surface area contributed by atoms with E-state index < -0.39 is 20.8 Å². The molecule has 2 aromatic rings. The molecule has 0 unspecified atom stereocenters. The van der Waals surface area contributed by atoms with E-state index >= 15 is 0 Å². The summed E-state index contributed by atoms with van der Waals surface area (Å²) >= 11 is 0. The van der Waals surface area contributed by atoms with Gasteiger partial charge in [0, 0.05) is 17.7 Å². The average Bonchev–Trinajstić information content (AvgIpc) is 2.49. The summed E-state index contributed by atoms with van der Waals surface area (Å²) in [4.78, 5) is 11.6. The van der Waals surface area contributed by atoms with Gasteiger partial charge in [-0.3, -0.25) is 10.1 Å². The number of nitro benzene ring substituents is 1. The number of nitrogens with zero attached hydrogens (tertiary/aromatic N) is 2. The van der Waals surface area contributed by atoms with Crippen LogP contribution in [0.5, 0.6) is 5.75 Å². The Morgan fingerprint density at radius 3 is 2.48 bits per heavy atom. The Balaban J connectivity index is 2.19. The van der Waals surface area contributed by atoms with E-state index in [1.165, 1.54) is 0 Å². The first-order chi connectivity index (χ1) is 10.8. The summed E-state index contributed by atoms with van der Waals surface area (Å²) in [6, 6.07) is 7.28. The van der Waals surface area contributed by atoms with Gasteiger partial charge in [-0.05, 0) is 30.3 Å². The molecule has 0 heterocycles. The molecule has 0 aliphatic heterocycles. The summed E-state index contributed by atoms with van der Waals surface area (Å²) in [6.45, 7) is 0. The van der Waals surface area contributed by atoms with E-state index in [9.17, 15) is 28.0 Å². The largest absolute Gasteiger partial charge is 0.507 e. The molecule has 0 fully saturated rings. The van der Waals surface area contributed by atoms with Crippen LogP contribution in [0.15, 0.2) is 52.5 Å². The number of phenolic OH excluding ortho intramolecular Hbond substituents is 1. The fourth-order valence-electron chi connectivity index (χ4n) is 1.59. The third-order valence-electron chi connectivity index (χ3n) is 2.72. The van der Waals surface area contributed by atoms with Crippen molar-refractivity contribution >= 4 is 21.9 Å². The lowest BCUT2D eigenvalue weighted by Crippen LogP contribution is -2.18. The molecule has 2 aromatic carbocycles. The van der Waals surface area contributed by atoms with Crippen LogP contribution in [-0.2, 0) is 10.0 Å². The molecule has 10 heteroatoms. The van der Waals surface area contributed by atoms with Gasteiger partial charge in [-0.2, -0.15) is 13.5 Å². The van der Waals surface area contributed by atoms with Crippen LogP contribution in [-0.4, -0.2) is 24.7 Å². The van der Waals surface area contributed by atoms with Crippen molar-refractivity contribution < 1.29 is 22.8 Å². The Hall–Kier alpha value is -3.01. The molecule has 0 radical (unpaired) electrons. The zero-order valence-corrected chi connectivity index (χ0v) is 12.2. The number of hydrogen-bond acceptors (Lipinski definition) is 6. The summed E-state index contributed by atoms with van der Waals surface area (Å²) in [5.74, 6) is -0.894. The second-order valence-electron chi connectivity index (χ2n) is 4.31. The number of sulfonamides is 1. The van der Waals surface area contributed by atoms with E-state index in [1.54, 1.807) is 0 Å². The second-order valence-corrected chi connectivity index (χ2v) is 5.97. The van der Waals surface area contributed by atoms with Crippen LogP contribution in [0.4, 0.5) is 10.1 Å². The Kier molecular flexibility index (Phi) is 4.55. The van der Waals surface area contributed by atoms with Crippen LogP contribution in [0.3, 0.4) is 0 Å². The number of hydrogen-bond donors (Lipinski definition) is 2. The molecule has 0 saturated carbocycles. The van der Waals surface area contributed by atoms with E-state index in [1.807, 2.05) is 4.83 Å². The number of aromatic hydroxyl groups is 1. The fraction of sp³-hybridized carbons (Fsp3) is 0. The van der Waals surface area contributed by atoms with Crippen molar-refractivity contribution in [3.05, 3.63) is 64.0 Å². The minimum atomic E-state index is -4.02. The predicted octanol–water partition coefficient (Wildman–Crippen LogP) is 1.75. The van der Waals surface area contributed by atoms with Gasteiger partial charge in [-0.15, -0.1) is 0 Å². The van der Waals surface area contributed by atoms with Crippen molar-refractivity contribution in [3.8, 4) is 5.75 Å². The van der Waals surface area contributed by atoms with E-state index in [4.69, 9.17) is 0 Å². The van der Waals surface area contributed by atoms with Crippen molar-refractivity contribution in [3.63, 3.8) is 0 Å². The minimum absolute atomic E-state index is 0.0407. The maximum atomic E-state index is 12.8. The summed E-state index contributed by atoms with van der Waals surface area (Å²) in [5, 5.41) is 23.6. The standard InChI is InChI=1S/C13H10FN3O5S/c14-10-1-4-12(5-2-10)23(21,22)16-15-8-9-7-11(17(19)20)3-6-13(9)18/h1-8,16,18H. The summed E-state index contributed by atoms with van der Waals surface area (Å²) < 4.78 is 36.5. The third-order valence-corrected chi connectivity index (χ3v) is 3.96. The van der Waals surface area contributed by atoms with Crippen LogP contribution >= 0.6 is 0 Å². The number of rotatable bonds is 5. The highest BCUT2D eigenvalue weighted by atomic mass is 32.2. The second kappa shape index (κ2) is 6.40. The molecule has 0 aromatic heterocycles. The van der Waals surface area contributed by atoms with Gasteiger partial charge < -0.3 is 5.11 Å². The number of nitrogens with one attached hydrogen (secondary N) is 1. The van der Waals surface area contributed by atoms with E-state index in [-0.39, 0.29) is 21.9 Å². The van der Waals surface area contributed by atoms with Gasteiger partial charge in [0.15, 0.2) is 0 Å². The van der Waals surface area contributed by atoms with E-state index in [0.717, 1.165) is 48.7 Å². The summed E-state index contributed by atoms with van der Waals surface area (Å²) in [5.41, 5.74) is -0.327. The van der Waals surface area contributed by atoms with Crippen molar-refractivity contribution in [1.29, 1.82) is 0 Å². The van der Waals surface area contributed by atoms with Crippen LogP contribution in [0.2, 0.25) is 0 Å². The van der Waals surface area contributed by atoms with Crippen molar-refractivity contribution in [2.75, 3.05) is 0 Å². The van der Waals surface area contributed by atoms with Gasteiger partial charge in [-0.1, -0.05) is 0 Å². The lowest BCUT2D eigenvalue weighted by Gasteiger charge is -2.03. The first-order valence-corrected chi connectivity index (χ1v) is 7.56. The van der Waals surface area contributed by atoms with Gasteiger partial charge in [0.05, 0.1) is 16.0 Å². The SMILES string of the molecule is O=[N+]([O-])c1ccc(O)c(C=NNS(=O)(=O)c2ccc(F)cc2)c1. The molecule has 0 spiro atoms. The van der Waals surface area contributed by atoms with Crippen LogP contribution in [0.25, 0.3) is 0 Å². The Labute approximate surface area is 130 Å². The minimum Gasteiger partial charge on any atom is -0.507 e. The smallest absolute Gasteiger partial charge is 0.276 e. The Morgan fingerprint density at radius 1 is 1.22 bits per heavy atom. The lowest BCUT2D eigenvalue weighted by atomic mass is 10.2. The molecule has 0 amide bonds. The number of halogens is 1. The maximum absolute atomic E-state index is 12.8. The maximum Gasteiger partial charge on any atom is 0.276 e. The summed E-state index contributed by atoms with van der Waals surface area (Å²) in [6.07, 6.45) is 0.920. The predicted molar refractivity (Wildman–Crippen MR) is 79.1 cm³/mol. The van der Waals surface area contributed by atoms with Gasteiger partial charge in [0.25, 0.3) is 15.7 Å². The van der Waals surface area contributed by atoms with Gasteiger partial charge >= 0.3 is 0 Å². The van der Waals surface area contributed by atoms with Gasteiger partial charge in [0.2, 0.25) is 0 Å². The summed E-state index contributed by atoms with van der Waals surface area (Å²) in [7, 11) is -4.02. The first kappa shape index (κ1) is 16.4. The topological polar surface area (TPSA) is 122 Å². The first-order valence-electron chi connectivity index (χ1n) is 6.07. The normalized spacial score (nSPS) is 11.5. The van der Waals surface area contributed by atoms with Crippen molar-refractivity contribution in [2.24, 2.45) is 5.10 Å². The lowest BCUT2D eigenvalue weighted by molar-refractivity contribution is -0.384. The Bertz CT molecular complexity index is 866. The number of benzene rings is 2. The highest BCUT2D eigenvalue weighted by molar-refractivity contribution is 7.89. The molecule has 23 heavy (non-hydrogen) atoms. The number of phenols is 1. The molecule has 0 aliphatic carbocycles. The molecule has 2 rings (SSSR count). The highest BCUT2D eigenvalue weighted by Gasteiger charge is 2.13. The van der Waals surface area contributed by atoms with E-state index in [2.05, 4.69) is 5.10 Å². The van der Waals surface area contributed by atoms with Crippen molar-refractivity contribution in [1.82, 2.24) is 4.83 Å². The number of nitro groups is 1. The number of non-ortho nitro benzene ring substituents is 1. The van der Waals surface area contributed by atoms with Crippen LogP contribution in [0, 0.1) is 15.9 Å². The zero-order chi connectivity index (χ0) is 17.0. The molecular weight excluding hydrogens is 329 g/mol. The quantitative estimate of drug-likeness (QED) is 0.488. The average molecular weight is 339 g/mol. The fourth-order valence-corrected chi connectivity index (χ4v) is 2.38. The van der Waals surface area contributed by atoms with Crippen LogP contribution < -0.4 is 4.83 Å². The number of hydrazone groups is 1. The third kappa shape index (κ3) is 4.01. The van der Waals surface area contributed by atoms with Gasteiger partial charge in [0.1, 0.15) is 11.6 Å². The monoisotopic (exact) mass is 339 g/mol. The Morgan fingerprint density at radius 2 is 1.87 bits per heavy atom. The van der Waals surface area contributed by atoms with Crippen LogP contribution in [0.1, 0.15) is 5.56 Å². The molecular formula is C13H10FN3O5S. The van der Waals surface area contributed by atoms with Crippen molar-refractivity contribution in [2.45, 2.75) is 4.90 Å². The molecule has 120 valence electrons. The molecule has 0 saturated heterocycles. The van der Waals surface area contributed by atoms with Gasteiger partial charge in [-0.25, -0.2) is 9.22 Å². The molecule has 8 nitrogen and oxygen atoms in total. The zero-order valence-electron chi connectivity index (χ0n) is 11.4.